The quantitative estimate of drug-likeness (QED) is 0.772. The number of aryl methyl sites for hydroxylation is 2. The maximum absolute atomic E-state index is 4.14. The fourth-order valence-corrected chi connectivity index (χ4v) is 2.03. The van der Waals surface area contributed by atoms with Crippen molar-refractivity contribution in [3.05, 3.63) is 12.2 Å². The minimum Gasteiger partial charge on any atom is -0.318 e. The van der Waals surface area contributed by atoms with Crippen LogP contribution in [0.3, 0.4) is 0 Å². The Morgan fingerprint density at radius 2 is 2.57 bits per heavy atom. The van der Waals surface area contributed by atoms with E-state index >= 15 is 0 Å². The van der Waals surface area contributed by atoms with Crippen LogP contribution in [0.4, 0.5) is 0 Å². The summed E-state index contributed by atoms with van der Waals surface area (Å²) in [6.07, 6.45) is 5.45. The average molecular weight is 194 g/mol. The van der Waals surface area contributed by atoms with Crippen LogP contribution in [0.2, 0.25) is 0 Å². The van der Waals surface area contributed by atoms with Crippen LogP contribution in [0.5, 0.6) is 0 Å². The summed E-state index contributed by atoms with van der Waals surface area (Å²) in [6, 6.07) is 0. The van der Waals surface area contributed by atoms with Crippen LogP contribution in [0.15, 0.2) is 6.33 Å². The van der Waals surface area contributed by atoms with Crippen LogP contribution < -0.4 is 5.32 Å². The molecule has 4 heteroatoms. The van der Waals surface area contributed by atoms with E-state index in [0.29, 0.717) is 0 Å². The average Bonchev–Trinajstić information content (AvgIpc) is 2.85. The van der Waals surface area contributed by atoms with Crippen molar-refractivity contribution in [1.82, 2.24) is 20.1 Å². The van der Waals surface area contributed by atoms with Crippen LogP contribution in [-0.4, -0.2) is 27.9 Å². The molecule has 0 bridgehead atoms. The summed E-state index contributed by atoms with van der Waals surface area (Å²) in [6.45, 7) is 5.47. The van der Waals surface area contributed by atoms with Crippen molar-refractivity contribution in [3.63, 3.8) is 0 Å². The van der Waals surface area contributed by atoms with Gasteiger partial charge in [-0.2, -0.15) is 0 Å². The molecule has 0 spiro atoms. The van der Waals surface area contributed by atoms with Gasteiger partial charge in [0.25, 0.3) is 0 Å². The van der Waals surface area contributed by atoms with E-state index in [1.807, 2.05) is 6.33 Å². The van der Waals surface area contributed by atoms with Crippen LogP contribution >= 0.6 is 0 Å². The van der Waals surface area contributed by atoms with E-state index < -0.39 is 0 Å². The second-order valence-electron chi connectivity index (χ2n) is 3.93. The van der Waals surface area contributed by atoms with Crippen molar-refractivity contribution in [1.29, 1.82) is 0 Å². The summed E-state index contributed by atoms with van der Waals surface area (Å²) in [7, 11) is 0. The Bertz CT molecular complexity index is 275. The summed E-state index contributed by atoms with van der Waals surface area (Å²) in [5.74, 6) is 1.98. The van der Waals surface area contributed by atoms with E-state index in [9.17, 15) is 0 Å². The van der Waals surface area contributed by atoms with E-state index in [4.69, 9.17) is 0 Å². The van der Waals surface area contributed by atoms with Gasteiger partial charge in [0.1, 0.15) is 12.2 Å². The predicted molar refractivity (Wildman–Crippen MR) is 55.0 cm³/mol. The molecule has 0 amide bonds. The number of hydrogen-bond acceptors (Lipinski definition) is 3. The minimum absolute atomic E-state index is 0.844. The van der Waals surface area contributed by atoms with E-state index in [0.717, 1.165) is 24.7 Å². The molecule has 1 saturated heterocycles. The molecule has 2 rings (SSSR count). The third-order valence-corrected chi connectivity index (χ3v) is 2.97. The van der Waals surface area contributed by atoms with E-state index in [-0.39, 0.29) is 0 Å². The van der Waals surface area contributed by atoms with E-state index in [2.05, 4.69) is 27.0 Å². The molecule has 1 aromatic heterocycles. The zero-order valence-electron chi connectivity index (χ0n) is 8.74. The number of rotatable bonds is 4. The number of nitrogens with zero attached hydrogens (tertiary/aromatic N) is 3. The van der Waals surface area contributed by atoms with Crippen LogP contribution in [0.25, 0.3) is 0 Å². The molecule has 1 aliphatic rings. The molecule has 1 N–H and O–H groups in total. The van der Waals surface area contributed by atoms with Gasteiger partial charge in [-0.15, -0.1) is 10.2 Å². The van der Waals surface area contributed by atoms with Crippen LogP contribution in [-0.2, 0) is 13.0 Å². The molecule has 2 heterocycles. The third kappa shape index (κ3) is 2.12. The summed E-state index contributed by atoms with van der Waals surface area (Å²) in [4.78, 5) is 0. The van der Waals surface area contributed by atoms with Gasteiger partial charge in [0.2, 0.25) is 0 Å². The maximum Gasteiger partial charge on any atom is 0.132 e. The van der Waals surface area contributed by atoms with Crippen molar-refractivity contribution in [2.45, 2.75) is 32.7 Å². The third-order valence-electron chi connectivity index (χ3n) is 2.97. The highest BCUT2D eigenvalue weighted by Gasteiger charge is 2.15. The Balaban J connectivity index is 1.84. The molecule has 1 fully saturated rings. The van der Waals surface area contributed by atoms with Crippen molar-refractivity contribution < 1.29 is 0 Å². The second-order valence-corrected chi connectivity index (χ2v) is 3.93. The number of hydrogen-bond donors (Lipinski definition) is 1. The SMILES string of the molecule is CCn1cnnc1CCC1CCNC1. The van der Waals surface area contributed by atoms with Gasteiger partial charge in [-0.25, -0.2) is 0 Å². The van der Waals surface area contributed by atoms with Crippen molar-refractivity contribution >= 4 is 0 Å². The molecule has 0 radical (unpaired) electrons. The molecule has 1 aromatic rings. The lowest BCUT2D eigenvalue weighted by Crippen LogP contribution is -2.10. The highest BCUT2D eigenvalue weighted by molar-refractivity contribution is 4.87. The number of aromatic nitrogens is 3. The highest BCUT2D eigenvalue weighted by Crippen LogP contribution is 2.14. The minimum atomic E-state index is 0.844. The molecule has 1 aliphatic heterocycles. The molecule has 1 unspecified atom stereocenters. The lowest BCUT2D eigenvalue weighted by molar-refractivity contribution is 0.514. The van der Waals surface area contributed by atoms with Gasteiger partial charge < -0.3 is 9.88 Å². The van der Waals surface area contributed by atoms with E-state index in [1.165, 1.54) is 25.9 Å². The summed E-state index contributed by atoms with van der Waals surface area (Å²) >= 11 is 0. The standard InChI is InChI=1S/C10H18N4/c1-2-14-8-12-13-10(14)4-3-9-5-6-11-7-9/h8-9,11H,2-7H2,1H3. The molecule has 4 nitrogen and oxygen atoms in total. The molecular formula is C10H18N4. The van der Waals surface area contributed by atoms with Gasteiger partial charge in [-0.3, -0.25) is 0 Å². The van der Waals surface area contributed by atoms with Gasteiger partial charge in [0.15, 0.2) is 0 Å². The zero-order valence-corrected chi connectivity index (χ0v) is 8.74. The lowest BCUT2D eigenvalue weighted by Gasteiger charge is -2.07. The molecule has 0 aromatic carbocycles. The normalized spacial score (nSPS) is 21.6. The molecule has 0 aliphatic carbocycles. The molecule has 78 valence electrons. The summed E-state index contributed by atoms with van der Waals surface area (Å²) < 4.78 is 2.13. The fourth-order valence-electron chi connectivity index (χ4n) is 2.03. The Kier molecular flexibility index (Phi) is 3.14. The Labute approximate surface area is 84.7 Å². The first-order valence-corrected chi connectivity index (χ1v) is 5.47. The molecular weight excluding hydrogens is 176 g/mol. The summed E-state index contributed by atoms with van der Waals surface area (Å²) in [5, 5.41) is 11.5. The van der Waals surface area contributed by atoms with Crippen molar-refractivity contribution in [3.8, 4) is 0 Å². The lowest BCUT2D eigenvalue weighted by atomic mass is 10.0. The number of nitrogens with one attached hydrogen (secondary N) is 1. The van der Waals surface area contributed by atoms with Gasteiger partial charge in [-0.1, -0.05) is 0 Å². The van der Waals surface area contributed by atoms with Crippen molar-refractivity contribution in [2.24, 2.45) is 5.92 Å². The summed E-state index contributed by atoms with van der Waals surface area (Å²) in [5.41, 5.74) is 0. The predicted octanol–water partition coefficient (Wildman–Crippen LogP) is 0.840. The van der Waals surface area contributed by atoms with Gasteiger partial charge in [0.05, 0.1) is 0 Å². The van der Waals surface area contributed by atoms with Crippen molar-refractivity contribution in [2.75, 3.05) is 13.1 Å². The highest BCUT2D eigenvalue weighted by atomic mass is 15.3. The van der Waals surface area contributed by atoms with Gasteiger partial charge >= 0.3 is 0 Å². The first-order valence-electron chi connectivity index (χ1n) is 5.47. The first kappa shape index (κ1) is 9.65. The Hall–Kier alpha value is -0.900. The molecule has 1 atom stereocenters. The van der Waals surface area contributed by atoms with Crippen LogP contribution in [0, 0.1) is 5.92 Å². The Morgan fingerprint density at radius 1 is 1.64 bits per heavy atom. The zero-order chi connectivity index (χ0) is 9.80. The largest absolute Gasteiger partial charge is 0.318 e. The van der Waals surface area contributed by atoms with E-state index in [1.54, 1.807) is 0 Å². The fraction of sp³-hybridized carbons (Fsp3) is 0.800. The topological polar surface area (TPSA) is 42.7 Å². The Morgan fingerprint density at radius 3 is 3.29 bits per heavy atom. The molecule has 0 saturated carbocycles. The second kappa shape index (κ2) is 4.55. The maximum atomic E-state index is 4.14. The van der Waals surface area contributed by atoms with Gasteiger partial charge in [0, 0.05) is 13.0 Å². The van der Waals surface area contributed by atoms with Crippen LogP contribution in [0.1, 0.15) is 25.6 Å². The van der Waals surface area contributed by atoms with Gasteiger partial charge in [-0.05, 0) is 38.8 Å². The molecule has 14 heavy (non-hydrogen) atoms. The smallest absolute Gasteiger partial charge is 0.132 e. The first-order chi connectivity index (χ1) is 6.90. The monoisotopic (exact) mass is 194 g/mol.